The monoisotopic (exact) mass is 169 g/mol. The molecule has 0 aliphatic heterocycles. The Kier molecular flexibility index (Phi) is 2.44. The first-order valence-corrected chi connectivity index (χ1v) is 3.57. The van der Waals surface area contributed by atoms with Crippen molar-refractivity contribution in [2.75, 3.05) is 0 Å². The highest BCUT2D eigenvalue weighted by Gasteiger charge is 2.11. The van der Waals surface area contributed by atoms with Gasteiger partial charge in [-0.15, -0.1) is 0 Å². The maximum Gasteiger partial charge on any atom is 0.322 e. The smallest absolute Gasteiger partial charge is 0.322 e. The zero-order valence-corrected chi connectivity index (χ0v) is 6.77. The lowest BCUT2D eigenvalue weighted by atomic mass is 10.3. The van der Waals surface area contributed by atoms with Gasteiger partial charge in [-0.05, 0) is 12.5 Å². The molecule has 1 rings (SSSR count). The Balaban J connectivity index is 2.58. The standard InChI is InChI=1S/C7H11N3O2/c1-5-2-9-10(3-5)4-6(8)7(11)12/h2-3,6H,4,8H2,1H3,(H,11,12). The molecule has 66 valence electrons. The Morgan fingerprint density at radius 3 is 3.00 bits per heavy atom. The lowest BCUT2D eigenvalue weighted by Gasteiger charge is -2.05. The summed E-state index contributed by atoms with van der Waals surface area (Å²) < 4.78 is 1.52. The van der Waals surface area contributed by atoms with E-state index in [9.17, 15) is 4.79 Å². The van der Waals surface area contributed by atoms with Crippen molar-refractivity contribution in [1.29, 1.82) is 0 Å². The van der Waals surface area contributed by atoms with Gasteiger partial charge in [0.15, 0.2) is 0 Å². The molecule has 12 heavy (non-hydrogen) atoms. The number of nitrogens with two attached hydrogens (primary N) is 1. The second kappa shape index (κ2) is 3.36. The Morgan fingerprint density at radius 1 is 1.92 bits per heavy atom. The van der Waals surface area contributed by atoms with Crippen LogP contribution in [0.2, 0.25) is 0 Å². The molecule has 1 aromatic rings. The maximum absolute atomic E-state index is 10.3. The molecule has 5 heteroatoms. The van der Waals surface area contributed by atoms with Gasteiger partial charge in [0.25, 0.3) is 0 Å². The summed E-state index contributed by atoms with van der Waals surface area (Å²) in [6, 6.07) is -0.885. The topological polar surface area (TPSA) is 81.1 Å². The van der Waals surface area contributed by atoms with Gasteiger partial charge in [0.1, 0.15) is 6.04 Å². The van der Waals surface area contributed by atoms with Crippen molar-refractivity contribution in [2.45, 2.75) is 19.5 Å². The van der Waals surface area contributed by atoms with Crippen LogP contribution in [0, 0.1) is 6.92 Å². The first-order valence-electron chi connectivity index (χ1n) is 3.57. The molecule has 0 saturated carbocycles. The summed E-state index contributed by atoms with van der Waals surface area (Å²) in [6.45, 7) is 2.10. The van der Waals surface area contributed by atoms with E-state index in [1.165, 1.54) is 4.68 Å². The Morgan fingerprint density at radius 2 is 2.58 bits per heavy atom. The second-order valence-electron chi connectivity index (χ2n) is 2.68. The highest BCUT2D eigenvalue weighted by Crippen LogP contribution is 1.95. The van der Waals surface area contributed by atoms with Crippen LogP contribution >= 0.6 is 0 Å². The minimum Gasteiger partial charge on any atom is -0.480 e. The molecular weight excluding hydrogens is 158 g/mol. The summed E-state index contributed by atoms with van der Waals surface area (Å²) in [6.07, 6.45) is 3.41. The van der Waals surface area contributed by atoms with Crippen molar-refractivity contribution in [3.8, 4) is 0 Å². The van der Waals surface area contributed by atoms with Crippen LogP contribution in [0.4, 0.5) is 0 Å². The molecule has 1 unspecified atom stereocenters. The summed E-state index contributed by atoms with van der Waals surface area (Å²) in [7, 11) is 0. The second-order valence-corrected chi connectivity index (χ2v) is 2.68. The molecule has 5 nitrogen and oxygen atoms in total. The van der Waals surface area contributed by atoms with E-state index in [2.05, 4.69) is 5.10 Å². The number of nitrogens with zero attached hydrogens (tertiary/aromatic N) is 2. The molecule has 1 heterocycles. The van der Waals surface area contributed by atoms with Crippen LogP contribution in [0.5, 0.6) is 0 Å². The lowest BCUT2D eigenvalue weighted by molar-refractivity contribution is -0.138. The van der Waals surface area contributed by atoms with E-state index in [1.807, 2.05) is 6.92 Å². The number of hydrogen-bond donors (Lipinski definition) is 2. The number of carboxylic acids is 1. The molecule has 0 aliphatic carbocycles. The molecule has 0 spiro atoms. The van der Waals surface area contributed by atoms with Gasteiger partial charge in [-0.25, -0.2) is 0 Å². The summed E-state index contributed by atoms with van der Waals surface area (Å²) in [4.78, 5) is 10.3. The maximum atomic E-state index is 10.3. The predicted molar refractivity (Wildman–Crippen MR) is 42.6 cm³/mol. The first kappa shape index (κ1) is 8.73. The fourth-order valence-corrected chi connectivity index (χ4v) is 0.846. The Hall–Kier alpha value is -1.36. The van der Waals surface area contributed by atoms with Crippen molar-refractivity contribution in [3.05, 3.63) is 18.0 Å². The molecule has 3 N–H and O–H groups in total. The molecular formula is C7H11N3O2. The van der Waals surface area contributed by atoms with Gasteiger partial charge >= 0.3 is 5.97 Å². The van der Waals surface area contributed by atoms with Crippen molar-refractivity contribution < 1.29 is 9.90 Å². The number of aryl methyl sites for hydroxylation is 1. The van der Waals surface area contributed by atoms with Gasteiger partial charge in [-0.2, -0.15) is 5.10 Å². The average Bonchev–Trinajstić information content (AvgIpc) is 2.35. The van der Waals surface area contributed by atoms with E-state index >= 15 is 0 Å². The van der Waals surface area contributed by atoms with Gasteiger partial charge in [-0.3, -0.25) is 9.48 Å². The zero-order chi connectivity index (χ0) is 9.14. The fraction of sp³-hybridized carbons (Fsp3) is 0.429. The minimum atomic E-state index is -1.01. The lowest BCUT2D eigenvalue weighted by Crippen LogP contribution is -2.34. The highest BCUT2D eigenvalue weighted by atomic mass is 16.4. The summed E-state index contributed by atoms with van der Waals surface area (Å²) in [5.41, 5.74) is 6.29. The molecule has 0 bridgehead atoms. The zero-order valence-electron chi connectivity index (χ0n) is 6.77. The third kappa shape index (κ3) is 2.06. The number of aromatic nitrogens is 2. The van der Waals surface area contributed by atoms with Gasteiger partial charge < -0.3 is 10.8 Å². The number of hydrogen-bond acceptors (Lipinski definition) is 3. The van der Waals surface area contributed by atoms with Crippen molar-refractivity contribution in [3.63, 3.8) is 0 Å². The predicted octanol–water partition coefficient (Wildman–Crippen LogP) is -0.397. The molecule has 1 aromatic heterocycles. The summed E-state index contributed by atoms with van der Waals surface area (Å²) in [5, 5.41) is 12.4. The van der Waals surface area contributed by atoms with E-state index < -0.39 is 12.0 Å². The molecule has 0 saturated heterocycles. The van der Waals surface area contributed by atoms with E-state index in [-0.39, 0.29) is 6.54 Å². The largest absolute Gasteiger partial charge is 0.480 e. The van der Waals surface area contributed by atoms with Crippen LogP contribution in [0.15, 0.2) is 12.4 Å². The van der Waals surface area contributed by atoms with Crippen LogP contribution < -0.4 is 5.73 Å². The Labute approximate surface area is 69.8 Å². The minimum absolute atomic E-state index is 0.211. The van der Waals surface area contributed by atoms with Crippen LogP contribution in [-0.2, 0) is 11.3 Å². The molecule has 0 amide bonds. The van der Waals surface area contributed by atoms with Crippen LogP contribution in [-0.4, -0.2) is 26.9 Å². The number of carboxylic acid groups (broad SMARTS) is 1. The number of carbonyl (C=O) groups is 1. The number of rotatable bonds is 3. The molecule has 0 radical (unpaired) electrons. The van der Waals surface area contributed by atoms with Gasteiger partial charge in [-0.1, -0.05) is 0 Å². The quantitative estimate of drug-likeness (QED) is 0.645. The van der Waals surface area contributed by atoms with E-state index in [0.29, 0.717) is 0 Å². The summed E-state index contributed by atoms with van der Waals surface area (Å²) >= 11 is 0. The van der Waals surface area contributed by atoms with Crippen molar-refractivity contribution in [1.82, 2.24) is 9.78 Å². The number of aliphatic carboxylic acids is 1. The van der Waals surface area contributed by atoms with E-state index in [1.54, 1.807) is 12.4 Å². The summed E-state index contributed by atoms with van der Waals surface area (Å²) in [5.74, 6) is -1.01. The van der Waals surface area contributed by atoms with E-state index in [0.717, 1.165) is 5.56 Å². The first-order chi connectivity index (χ1) is 5.59. The third-order valence-corrected chi connectivity index (χ3v) is 1.46. The fourth-order valence-electron chi connectivity index (χ4n) is 0.846. The van der Waals surface area contributed by atoms with Crippen molar-refractivity contribution >= 4 is 5.97 Å². The van der Waals surface area contributed by atoms with Gasteiger partial charge in [0.05, 0.1) is 12.7 Å². The normalized spacial score (nSPS) is 12.8. The van der Waals surface area contributed by atoms with Gasteiger partial charge in [0.2, 0.25) is 0 Å². The highest BCUT2D eigenvalue weighted by molar-refractivity contribution is 5.72. The molecule has 0 aromatic carbocycles. The van der Waals surface area contributed by atoms with E-state index in [4.69, 9.17) is 10.8 Å². The molecule has 1 atom stereocenters. The third-order valence-electron chi connectivity index (χ3n) is 1.46. The van der Waals surface area contributed by atoms with Crippen LogP contribution in [0.3, 0.4) is 0 Å². The molecule has 0 fully saturated rings. The van der Waals surface area contributed by atoms with Crippen molar-refractivity contribution in [2.24, 2.45) is 5.73 Å². The van der Waals surface area contributed by atoms with Gasteiger partial charge in [0, 0.05) is 6.20 Å². The molecule has 0 aliphatic rings. The Bertz CT molecular complexity index is 282. The SMILES string of the molecule is Cc1cnn(CC(N)C(=O)O)c1. The van der Waals surface area contributed by atoms with Crippen LogP contribution in [0.25, 0.3) is 0 Å². The average molecular weight is 169 g/mol. The van der Waals surface area contributed by atoms with Crippen LogP contribution in [0.1, 0.15) is 5.56 Å².